The monoisotopic (exact) mass is 549 g/mol. The fourth-order valence-corrected chi connectivity index (χ4v) is 4.21. The average Bonchev–Trinajstić information content (AvgIpc) is 3.18. The second kappa shape index (κ2) is 10.8. The van der Waals surface area contributed by atoms with E-state index >= 15 is 0 Å². The van der Waals surface area contributed by atoms with Crippen LogP contribution in [0.25, 0.3) is 10.9 Å². The van der Waals surface area contributed by atoms with E-state index in [4.69, 9.17) is 5.26 Å². The number of carbonyl (C=O) groups excluding carboxylic acids is 2. The molecule has 1 atom stereocenters. The molecule has 13 heteroatoms. The van der Waals surface area contributed by atoms with Gasteiger partial charge in [-0.05, 0) is 29.7 Å². The molecule has 202 valence electrons. The highest BCUT2D eigenvalue weighted by molar-refractivity contribution is 7.90. The minimum Gasteiger partial charge on any atom is -0.353 e. The van der Waals surface area contributed by atoms with E-state index in [0.29, 0.717) is 0 Å². The predicted octanol–water partition coefficient (Wildman–Crippen LogP) is 2.68. The molecule has 0 saturated heterocycles. The van der Waals surface area contributed by atoms with Gasteiger partial charge in [0.1, 0.15) is 27.2 Å². The lowest BCUT2D eigenvalue weighted by Crippen LogP contribution is -2.54. The molecular weight excluding hydrogens is 523 g/mol. The summed E-state index contributed by atoms with van der Waals surface area (Å²) < 4.78 is 67.2. The van der Waals surface area contributed by atoms with Crippen LogP contribution < -0.4 is 10.6 Å². The molecule has 0 saturated carbocycles. The number of rotatable bonds is 8. The van der Waals surface area contributed by atoms with Crippen LogP contribution in [0.5, 0.6) is 0 Å². The van der Waals surface area contributed by atoms with Crippen LogP contribution in [0.3, 0.4) is 0 Å². The number of aromatic nitrogens is 2. The Kier molecular flexibility index (Phi) is 8.16. The third kappa shape index (κ3) is 6.49. The van der Waals surface area contributed by atoms with E-state index in [1.54, 1.807) is 26.8 Å². The molecule has 0 aliphatic rings. The Morgan fingerprint density at radius 2 is 1.82 bits per heavy atom. The summed E-state index contributed by atoms with van der Waals surface area (Å²) in [6, 6.07) is 6.27. The lowest BCUT2D eigenvalue weighted by molar-refractivity contribution is -0.125. The van der Waals surface area contributed by atoms with Gasteiger partial charge in [-0.25, -0.2) is 21.6 Å². The predicted molar refractivity (Wildman–Crippen MR) is 133 cm³/mol. The maximum atomic E-state index is 14.9. The van der Waals surface area contributed by atoms with Crippen LogP contribution in [0, 0.1) is 34.2 Å². The van der Waals surface area contributed by atoms with Gasteiger partial charge in [-0.2, -0.15) is 10.4 Å². The van der Waals surface area contributed by atoms with Crippen molar-refractivity contribution in [1.29, 1.82) is 5.26 Å². The Hall–Kier alpha value is -3.92. The summed E-state index contributed by atoms with van der Waals surface area (Å²) in [6.45, 7) is 4.48. The molecule has 3 aromatic rings. The number of sulfone groups is 1. The summed E-state index contributed by atoms with van der Waals surface area (Å²) in [6.07, 6.45) is 1.02. The second-order valence-corrected chi connectivity index (χ2v) is 12.1. The first-order valence-electron chi connectivity index (χ1n) is 11.4. The lowest BCUT2D eigenvalue weighted by atomic mass is 9.86. The maximum Gasteiger partial charge on any atom is 0.273 e. The number of benzene rings is 2. The van der Waals surface area contributed by atoms with Crippen molar-refractivity contribution in [3.05, 3.63) is 64.6 Å². The normalized spacial score (nSPS) is 12.7. The molecule has 0 spiro atoms. The van der Waals surface area contributed by atoms with Crippen molar-refractivity contribution in [2.75, 3.05) is 18.6 Å². The van der Waals surface area contributed by atoms with Crippen molar-refractivity contribution in [3.8, 4) is 6.07 Å². The largest absolute Gasteiger partial charge is 0.353 e. The van der Waals surface area contributed by atoms with Crippen molar-refractivity contribution in [1.82, 2.24) is 20.4 Å². The first-order valence-corrected chi connectivity index (χ1v) is 13.5. The molecule has 0 aliphatic carbocycles. The Morgan fingerprint density at radius 1 is 1.13 bits per heavy atom. The van der Waals surface area contributed by atoms with Gasteiger partial charge in [-0.1, -0.05) is 26.8 Å². The quantitative estimate of drug-likeness (QED) is 0.444. The number of fused-ring (bicyclic) bond motifs is 1. The van der Waals surface area contributed by atoms with Gasteiger partial charge in [0.05, 0.1) is 23.9 Å². The molecule has 2 amide bonds. The van der Waals surface area contributed by atoms with E-state index in [9.17, 15) is 31.2 Å². The zero-order chi connectivity index (χ0) is 28.4. The summed E-state index contributed by atoms with van der Waals surface area (Å²) in [5, 5.41) is 18.0. The molecule has 9 nitrogen and oxygen atoms in total. The highest BCUT2D eigenvalue weighted by Gasteiger charge is 2.34. The third-order valence-corrected chi connectivity index (χ3v) is 6.64. The van der Waals surface area contributed by atoms with Crippen LogP contribution in [-0.2, 0) is 21.2 Å². The van der Waals surface area contributed by atoms with Crippen LogP contribution in [0.4, 0.5) is 13.2 Å². The average molecular weight is 550 g/mol. The number of nitrogens with zero attached hydrogens (tertiary/aromatic N) is 3. The van der Waals surface area contributed by atoms with E-state index in [0.717, 1.165) is 29.1 Å². The topological polar surface area (TPSA) is 134 Å². The number of nitriles is 1. The van der Waals surface area contributed by atoms with Gasteiger partial charge in [0.2, 0.25) is 5.91 Å². The van der Waals surface area contributed by atoms with Gasteiger partial charge in [0.15, 0.2) is 17.3 Å². The van der Waals surface area contributed by atoms with Crippen LogP contribution in [0.1, 0.15) is 42.4 Å². The van der Waals surface area contributed by atoms with Crippen molar-refractivity contribution >= 4 is 32.6 Å². The van der Waals surface area contributed by atoms with Gasteiger partial charge in [-0.3, -0.25) is 14.3 Å². The van der Waals surface area contributed by atoms with Crippen LogP contribution >= 0.6 is 0 Å². The molecule has 1 aromatic heterocycles. The van der Waals surface area contributed by atoms with Crippen molar-refractivity contribution < 1.29 is 31.2 Å². The number of amides is 2. The van der Waals surface area contributed by atoms with E-state index in [2.05, 4.69) is 15.7 Å². The molecule has 2 N–H and O–H groups in total. The van der Waals surface area contributed by atoms with Crippen LogP contribution in [-0.4, -0.2) is 54.6 Å². The first kappa shape index (κ1) is 28.6. The fourth-order valence-electron chi connectivity index (χ4n) is 3.73. The minimum absolute atomic E-state index is 0.0156. The number of nitrogens with one attached hydrogen (secondary N) is 2. The molecule has 3 rings (SSSR count). The maximum absolute atomic E-state index is 14.9. The Labute approximate surface area is 217 Å². The van der Waals surface area contributed by atoms with Gasteiger partial charge in [0.25, 0.3) is 5.91 Å². The number of hydrogen-bond donors (Lipinski definition) is 2. The fraction of sp³-hybridized carbons (Fsp3) is 0.360. The molecular formula is C25H26F3N5O4S. The smallest absolute Gasteiger partial charge is 0.273 e. The highest BCUT2D eigenvalue weighted by atomic mass is 32.2. The van der Waals surface area contributed by atoms with Crippen molar-refractivity contribution in [2.45, 2.75) is 33.4 Å². The second-order valence-electron chi connectivity index (χ2n) is 9.88. The van der Waals surface area contributed by atoms with Crippen molar-refractivity contribution in [2.24, 2.45) is 5.41 Å². The Balaban J connectivity index is 1.98. The zero-order valence-electron chi connectivity index (χ0n) is 21.1. The summed E-state index contributed by atoms with van der Waals surface area (Å²) in [4.78, 5) is 26.1. The van der Waals surface area contributed by atoms with Gasteiger partial charge >= 0.3 is 0 Å². The van der Waals surface area contributed by atoms with Crippen molar-refractivity contribution in [3.63, 3.8) is 0 Å². The summed E-state index contributed by atoms with van der Waals surface area (Å²) >= 11 is 0. The SMILES string of the molecule is CC(C)(C)C(NC(=O)c1nn(Cc2ccc(C#N)cc2F)c2c(F)c(F)ccc12)C(=O)NCCS(C)(=O)=O. The van der Waals surface area contributed by atoms with E-state index < -0.39 is 50.6 Å². The zero-order valence-corrected chi connectivity index (χ0v) is 21.9. The number of halogens is 3. The number of carbonyl (C=O) groups is 2. The van der Waals surface area contributed by atoms with E-state index in [-0.39, 0.29) is 46.6 Å². The highest BCUT2D eigenvalue weighted by Crippen LogP contribution is 2.26. The summed E-state index contributed by atoms with van der Waals surface area (Å²) in [7, 11) is -3.33. The molecule has 0 bridgehead atoms. The lowest BCUT2D eigenvalue weighted by Gasteiger charge is -2.30. The molecule has 0 aliphatic heterocycles. The minimum atomic E-state index is -3.33. The van der Waals surface area contributed by atoms with Crippen LogP contribution in [0.15, 0.2) is 30.3 Å². The van der Waals surface area contributed by atoms with Gasteiger partial charge in [-0.15, -0.1) is 0 Å². The molecule has 0 fully saturated rings. The Morgan fingerprint density at radius 3 is 2.39 bits per heavy atom. The first-order chi connectivity index (χ1) is 17.6. The Bertz CT molecular complexity index is 1560. The van der Waals surface area contributed by atoms with E-state index in [1.807, 2.05) is 0 Å². The standard InChI is InChI=1S/C25H26F3N5O4S/c1-25(2,3)22(24(35)30-9-10-38(4,36)37)31-23(34)20-16-7-8-17(26)19(28)21(16)33(32-20)13-15-6-5-14(12-29)11-18(15)27/h5-8,11,22H,9-10,13H2,1-4H3,(H,30,35)(H,31,34). The molecule has 1 heterocycles. The third-order valence-electron chi connectivity index (χ3n) is 5.70. The van der Waals surface area contributed by atoms with Crippen LogP contribution in [0.2, 0.25) is 0 Å². The molecule has 1 unspecified atom stereocenters. The van der Waals surface area contributed by atoms with Gasteiger partial charge in [0, 0.05) is 23.8 Å². The summed E-state index contributed by atoms with van der Waals surface area (Å²) in [5.74, 6) is -5.09. The summed E-state index contributed by atoms with van der Waals surface area (Å²) in [5.41, 5.74) is -1.46. The molecule has 0 radical (unpaired) electrons. The van der Waals surface area contributed by atoms with E-state index in [1.165, 1.54) is 12.1 Å². The molecule has 2 aromatic carbocycles. The number of hydrogen-bond acceptors (Lipinski definition) is 6. The van der Waals surface area contributed by atoms with Gasteiger partial charge < -0.3 is 10.6 Å². The molecule has 38 heavy (non-hydrogen) atoms.